The molecule has 3 N–H and O–H groups in total. The van der Waals surface area contributed by atoms with Crippen LogP contribution in [0.3, 0.4) is 0 Å². The first-order chi connectivity index (χ1) is 14.1. The highest BCUT2D eigenvalue weighted by Gasteiger charge is 2.22. The van der Waals surface area contributed by atoms with E-state index in [1.54, 1.807) is 17.6 Å². The third kappa shape index (κ3) is 4.20. The summed E-state index contributed by atoms with van der Waals surface area (Å²) in [5.41, 5.74) is 6.93. The van der Waals surface area contributed by atoms with Crippen LogP contribution in [-0.4, -0.2) is 23.4 Å². The number of rotatable bonds is 5. The van der Waals surface area contributed by atoms with Gasteiger partial charge in [-0.15, -0.1) is 0 Å². The van der Waals surface area contributed by atoms with E-state index in [2.05, 4.69) is 5.32 Å². The number of hydrogen-bond donors (Lipinski definition) is 3. The van der Waals surface area contributed by atoms with Gasteiger partial charge in [-0.05, 0) is 47.2 Å². The predicted molar refractivity (Wildman–Crippen MR) is 112 cm³/mol. The third-order valence-corrected chi connectivity index (χ3v) is 5.35. The van der Waals surface area contributed by atoms with E-state index in [1.165, 1.54) is 0 Å². The van der Waals surface area contributed by atoms with Crippen molar-refractivity contribution in [2.45, 2.75) is 12.8 Å². The monoisotopic (exact) mass is 386 g/mol. The first-order valence-electron chi connectivity index (χ1n) is 9.64. The lowest BCUT2D eigenvalue weighted by Gasteiger charge is -2.26. The summed E-state index contributed by atoms with van der Waals surface area (Å²) in [5.74, 6) is -0.273. The Balaban J connectivity index is 1.43. The fourth-order valence-electron chi connectivity index (χ4n) is 3.78. The average molecular weight is 386 g/mol. The fraction of sp³-hybridized carbons (Fsp3) is 0.167. The fourth-order valence-corrected chi connectivity index (χ4v) is 3.78. The van der Waals surface area contributed by atoms with Crippen molar-refractivity contribution < 1.29 is 14.8 Å². The van der Waals surface area contributed by atoms with Gasteiger partial charge in [0.1, 0.15) is 0 Å². The van der Waals surface area contributed by atoms with E-state index in [0.29, 0.717) is 30.5 Å². The predicted octanol–water partition coefficient (Wildman–Crippen LogP) is 4.33. The zero-order chi connectivity index (χ0) is 20.2. The maximum Gasteiger partial charge on any atom is 0.274 e. The number of hydrogen-bond acceptors (Lipinski definition) is 4. The summed E-state index contributed by atoms with van der Waals surface area (Å²) in [7, 11) is 0. The van der Waals surface area contributed by atoms with Gasteiger partial charge < -0.3 is 5.32 Å². The minimum atomic E-state index is -0.537. The molecule has 0 spiro atoms. The van der Waals surface area contributed by atoms with Gasteiger partial charge in [-0.2, -0.15) is 0 Å². The first kappa shape index (κ1) is 18.9. The lowest BCUT2D eigenvalue weighted by atomic mass is 9.87. The lowest BCUT2D eigenvalue weighted by molar-refractivity contribution is 0.0706. The van der Waals surface area contributed by atoms with Crippen molar-refractivity contribution in [2.24, 2.45) is 5.92 Å². The van der Waals surface area contributed by atoms with Crippen LogP contribution < -0.4 is 10.8 Å². The Hall–Kier alpha value is -3.44. The smallest absolute Gasteiger partial charge is 0.274 e. The van der Waals surface area contributed by atoms with Gasteiger partial charge in [-0.25, -0.2) is 5.48 Å². The number of benzene rings is 3. The number of ketones is 1. The molecule has 0 aliphatic carbocycles. The Labute approximate surface area is 169 Å². The normalized spacial score (nSPS) is 15.1. The van der Waals surface area contributed by atoms with Gasteiger partial charge in [-0.3, -0.25) is 14.8 Å². The van der Waals surface area contributed by atoms with Gasteiger partial charge >= 0.3 is 0 Å². The van der Waals surface area contributed by atoms with E-state index in [1.807, 2.05) is 60.7 Å². The molecule has 29 heavy (non-hydrogen) atoms. The summed E-state index contributed by atoms with van der Waals surface area (Å²) >= 11 is 0. The van der Waals surface area contributed by atoms with E-state index < -0.39 is 5.91 Å². The van der Waals surface area contributed by atoms with E-state index >= 15 is 0 Å². The van der Waals surface area contributed by atoms with E-state index in [9.17, 15) is 9.59 Å². The standard InChI is InChI=1S/C24H22N2O3/c27-23(19-8-6-18(7-9-19)17-4-2-1-3-5-17)13-16-12-21-14-20(24(28)26-29)10-11-22(21)25-15-16/h1-11,14,16,25,29H,12-13,15H2,(H,26,28). The van der Waals surface area contributed by atoms with Crippen molar-refractivity contribution >= 4 is 17.4 Å². The number of Topliss-reactive ketones (excluding diaryl/α,β-unsaturated/α-hetero) is 1. The summed E-state index contributed by atoms with van der Waals surface area (Å²) in [6, 6.07) is 23.1. The molecule has 1 atom stereocenters. The van der Waals surface area contributed by atoms with Crippen LogP contribution in [0.4, 0.5) is 5.69 Å². The molecule has 1 aliphatic rings. The Morgan fingerprint density at radius 3 is 2.34 bits per heavy atom. The maximum absolute atomic E-state index is 12.8. The van der Waals surface area contributed by atoms with Crippen molar-refractivity contribution in [3.8, 4) is 11.1 Å². The minimum Gasteiger partial charge on any atom is -0.385 e. The maximum atomic E-state index is 12.8. The molecule has 0 fully saturated rings. The molecular weight excluding hydrogens is 364 g/mol. The van der Waals surface area contributed by atoms with E-state index in [-0.39, 0.29) is 11.7 Å². The van der Waals surface area contributed by atoms with E-state index in [4.69, 9.17) is 5.21 Å². The summed E-state index contributed by atoms with van der Waals surface area (Å²) in [6.45, 7) is 0.715. The highest BCUT2D eigenvalue weighted by atomic mass is 16.5. The molecular formula is C24H22N2O3. The summed E-state index contributed by atoms with van der Waals surface area (Å²) in [4.78, 5) is 24.4. The largest absolute Gasteiger partial charge is 0.385 e. The van der Waals surface area contributed by atoms with Gasteiger partial charge in [-0.1, -0.05) is 54.6 Å². The topological polar surface area (TPSA) is 78.4 Å². The van der Waals surface area contributed by atoms with Crippen molar-refractivity contribution in [2.75, 3.05) is 11.9 Å². The van der Waals surface area contributed by atoms with Crippen molar-refractivity contribution in [1.29, 1.82) is 0 Å². The number of fused-ring (bicyclic) bond motifs is 1. The second-order valence-corrected chi connectivity index (χ2v) is 7.33. The molecule has 5 nitrogen and oxygen atoms in total. The molecule has 3 aromatic rings. The Bertz CT molecular complexity index is 1030. The number of nitrogens with one attached hydrogen (secondary N) is 2. The SMILES string of the molecule is O=C(CC1CNc2ccc(C(=O)NO)cc2C1)c1ccc(-c2ccccc2)cc1. The molecule has 1 aliphatic heterocycles. The quantitative estimate of drug-likeness (QED) is 0.346. The van der Waals surface area contributed by atoms with Crippen LogP contribution in [0.5, 0.6) is 0 Å². The highest BCUT2D eigenvalue weighted by Crippen LogP contribution is 2.28. The van der Waals surface area contributed by atoms with Crippen LogP contribution in [0.25, 0.3) is 11.1 Å². The van der Waals surface area contributed by atoms with Crippen molar-refractivity contribution in [1.82, 2.24) is 5.48 Å². The second-order valence-electron chi connectivity index (χ2n) is 7.33. The zero-order valence-electron chi connectivity index (χ0n) is 15.9. The number of hydroxylamine groups is 1. The molecule has 1 unspecified atom stereocenters. The van der Waals surface area contributed by atoms with Gasteiger partial charge in [0.05, 0.1) is 0 Å². The van der Waals surface area contributed by atoms with Crippen LogP contribution in [0.2, 0.25) is 0 Å². The van der Waals surface area contributed by atoms with Crippen LogP contribution in [0, 0.1) is 5.92 Å². The van der Waals surface area contributed by atoms with Crippen molar-refractivity contribution in [3.63, 3.8) is 0 Å². The molecule has 0 aromatic heterocycles. The number of carbonyl (C=O) groups is 2. The molecule has 0 radical (unpaired) electrons. The van der Waals surface area contributed by atoms with Gasteiger partial charge in [0.15, 0.2) is 5.78 Å². The van der Waals surface area contributed by atoms with Crippen LogP contribution >= 0.6 is 0 Å². The van der Waals surface area contributed by atoms with Crippen LogP contribution in [0.1, 0.15) is 32.7 Å². The summed E-state index contributed by atoms with van der Waals surface area (Å²) in [5, 5.41) is 12.2. The molecule has 146 valence electrons. The zero-order valence-corrected chi connectivity index (χ0v) is 15.9. The third-order valence-electron chi connectivity index (χ3n) is 5.35. The summed E-state index contributed by atoms with van der Waals surface area (Å²) in [6.07, 6.45) is 1.15. The Morgan fingerprint density at radius 1 is 0.931 bits per heavy atom. The first-order valence-corrected chi connectivity index (χ1v) is 9.64. The molecule has 5 heteroatoms. The molecule has 1 heterocycles. The Kier molecular flexibility index (Phi) is 5.40. The lowest BCUT2D eigenvalue weighted by Crippen LogP contribution is -2.26. The summed E-state index contributed by atoms with van der Waals surface area (Å²) < 4.78 is 0. The number of anilines is 1. The van der Waals surface area contributed by atoms with Crippen LogP contribution in [-0.2, 0) is 6.42 Å². The van der Waals surface area contributed by atoms with Gasteiger partial charge in [0.2, 0.25) is 0 Å². The number of amides is 1. The van der Waals surface area contributed by atoms with Gasteiger partial charge in [0, 0.05) is 29.8 Å². The van der Waals surface area contributed by atoms with E-state index in [0.717, 1.165) is 22.4 Å². The van der Waals surface area contributed by atoms with Crippen LogP contribution in [0.15, 0.2) is 72.8 Å². The average Bonchev–Trinajstić information content (AvgIpc) is 2.78. The highest BCUT2D eigenvalue weighted by molar-refractivity contribution is 5.97. The molecule has 3 aromatic carbocycles. The van der Waals surface area contributed by atoms with Gasteiger partial charge in [0.25, 0.3) is 5.91 Å². The van der Waals surface area contributed by atoms with Crippen molar-refractivity contribution in [3.05, 3.63) is 89.5 Å². The Morgan fingerprint density at radius 2 is 1.62 bits per heavy atom. The number of carbonyl (C=O) groups excluding carboxylic acids is 2. The molecule has 4 rings (SSSR count). The molecule has 0 saturated heterocycles. The minimum absolute atomic E-state index is 0.115. The molecule has 1 amide bonds. The molecule has 0 bridgehead atoms. The second kappa shape index (κ2) is 8.29. The molecule has 0 saturated carbocycles.